The van der Waals surface area contributed by atoms with Gasteiger partial charge in [0.15, 0.2) is 0 Å². The summed E-state index contributed by atoms with van der Waals surface area (Å²) in [5.74, 6) is 0.911. The number of oxazole rings is 1. The fraction of sp³-hybridized carbons (Fsp3) is 0.467. The van der Waals surface area contributed by atoms with Gasteiger partial charge in [0.25, 0.3) is 5.52 Å². The minimum atomic E-state index is -0.00354. The van der Waals surface area contributed by atoms with Crippen LogP contribution >= 0.6 is 15.9 Å². The number of carbonyl (C=O) groups excluding carboxylic acids is 1. The van der Waals surface area contributed by atoms with Crippen molar-refractivity contribution in [2.45, 2.75) is 25.7 Å². The van der Waals surface area contributed by atoms with Gasteiger partial charge in [-0.05, 0) is 18.9 Å². The average molecular weight is 371 g/mol. The maximum atomic E-state index is 12.1. The molecule has 120 valence electrons. The first-order valence-corrected chi connectivity index (χ1v) is 8.29. The molecule has 1 aromatic heterocycles. The van der Waals surface area contributed by atoms with Crippen LogP contribution < -0.4 is 14.8 Å². The Labute approximate surface area is 137 Å². The molecule has 0 saturated heterocycles. The molecule has 0 aliphatic rings. The number of methoxy groups -OCH3 is 1. The summed E-state index contributed by atoms with van der Waals surface area (Å²) >= 11 is 3.33. The molecule has 7 heteroatoms. The van der Waals surface area contributed by atoms with Crippen LogP contribution in [0.2, 0.25) is 0 Å². The summed E-state index contributed by atoms with van der Waals surface area (Å²) in [5, 5.41) is 15.8. The number of carbonyl (C=O) groups is 1. The highest BCUT2D eigenvalue weighted by Gasteiger charge is 2.18. The molecule has 0 radical (unpaired) electrons. The van der Waals surface area contributed by atoms with E-state index in [2.05, 4.69) is 21.2 Å². The van der Waals surface area contributed by atoms with E-state index >= 15 is 0 Å². The van der Waals surface area contributed by atoms with E-state index in [0.29, 0.717) is 36.2 Å². The molecule has 0 atom stereocenters. The van der Waals surface area contributed by atoms with E-state index in [0.717, 1.165) is 22.9 Å². The maximum Gasteiger partial charge on any atom is 0.361 e. The second kappa shape index (κ2) is 8.03. The highest BCUT2D eigenvalue weighted by molar-refractivity contribution is 9.09. The van der Waals surface area contributed by atoms with Crippen LogP contribution in [0.15, 0.2) is 22.6 Å². The number of halogens is 1. The van der Waals surface area contributed by atoms with E-state index in [-0.39, 0.29) is 11.8 Å². The summed E-state index contributed by atoms with van der Waals surface area (Å²) in [6.07, 6.45) is 2.67. The predicted molar refractivity (Wildman–Crippen MR) is 86.1 cm³/mol. The fourth-order valence-corrected chi connectivity index (χ4v) is 2.50. The Morgan fingerprint density at radius 2 is 2.27 bits per heavy atom. The average Bonchev–Trinajstić information content (AvgIpc) is 2.83. The van der Waals surface area contributed by atoms with Gasteiger partial charge in [-0.3, -0.25) is 4.79 Å². The summed E-state index contributed by atoms with van der Waals surface area (Å²) in [6, 6.07) is 5.04. The van der Waals surface area contributed by atoms with Gasteiger partial charge in [-0.1, -0.05) is 15.9 Å². The van der Waals surface area contributed by atoms with Crippen LogP contribution in [0.4, 0.5) is 0 Å². The number of benzene rings is 1. The molecule has 0 spiro atoms. The molecule has 0 fully saturated rings. The van der Waals surface area contributed by atoms with E-state index in [1.807, 2.05) is 0 Å². The lowest BCUT2D eigenvalue weighted by Gasteiger charge is -2.02. The Hall–Kier alpha value is -1.76. The number of ether oxygens (including phenoxy) is 1. The zero-order valence-corrected chi connectivity index (χ0v) is 14.0. The maximum absolute atomic E-state index is 12.1. The van der Waals surface area contributed by atoms with Gasteiger partial charge < -0.3 is 19.7 Å². The molecule has 0 aliphatic heterocycles. The zero-order valence-electron chi connectivity index (χ0n) is 12.4. The van der Waals surface area contributed by atoms with Gasteiger partial charge in [0.2, 0.25) is 11.5 Å². The molecule has 2 aromatic rings. The van der Waals surface area contributed by atoms with Gasteiger partial charge in [-0.2, -0.15) is 0 Å². The van der Waals surface area contributed by atoms with Crippen LogP contribution in [-0.4, -0.2) is 24.9 Å². The summed E-state index contributed by atoms with van der Waals surface area (Å²) in [5.41, 5.74) is 0.937. The molecule has 0 saturated carbocycles. The molecule has 1 N–H and O–H groups in total. The molecule has 22 heavy (non-hydrogen) atoms. The lowest BCUT2D eigenvalue weighted by atomic mass is 10.2. The number of nitrogens with zero attached hydrogens (tertiary/aromatic N) is 1. The number of alkyl halides is 1. The van der Waals surface area contributed by atoms with Gasteiger partial charge >= 0.3 is 5.89 Å². The first-order valence-electron chi connectivity index (χ1n) is 7.17. The van der Waals surface area contributed by atoms with Crippen LogP contribution in [-0.2, 0) is 11.2 Å². The number of rotatable bonds is 8. The van der Waals surface area contributed by atoms with Gasteiger partial charge in [0, 0.05) is 30.4 Å². The molecular formula is C15H19BrN2O4. The van der Waals surface area contributed by atoms with Crippen molar-refractivity contribution in [3.05, 3.63) is 29.3 Å². The van der Waals surface area contributed by atoms with E-state index in [4.69, 9.17) is 9.15 Å². The Kier molecular flexibility index (Phi) is 6.06. The van der Waals surface area contributed by atoms with Gasteiger partial charge in [-0.25, -0.2) is 0 Å². The molecule has 1 aromatic carbocycles. The van der Waals surface area contributed by atoms with Crippen LogP contribution in [0.25, 0.3) is 11.1 Å². The van der Waals surface area contributed by atoms with E-state index < -0.39 is 0 Å². The Morgan fingerprint density at radius 1 is 1.45 bits per heavy atom. The lowest BCUT2D eigenvalue weighted by molar-refractivity contribution is -0.592. The van der Waals surface area contributed by atoms with Crippen molar-refractivity contribution < 1.29 is 18.7 Å². The van der Waals surface area contributed by atoms with Gasteiger partial charge in [0.1, 0.15) is 5.75 Å². The molecular weight excluding hydrogens is 352 g/mol. The number of hydrogen-bond donors (Lipinski definition) is 1. The van der Waals surface area contributed by atoms with Crippen molar-refractivity contribution in [3.8, 4) is 5.75 Å². The first kappa shape index (κ1) is 16.6. The smallest absolute Gasteiger partial charge is 0.361 e. The monoisotopic (exact) mass is 370 g/mol. The largest absolute Gasteiger partial charge is 0.616 e. The molecule has 1 amide bonds. The summed E-state index contributed by atoms with van der Waals surface area (Å²) in [4.78, 5) is 11.6. The number of fused-ring (bicyclic) bond motifs is 1. The predicted octanol–water partition coefficient (Wildman–Crippen LogP) is 2.30. The Bertz CT molecular complexity index is 642. The normalized spacial score (nSPS) is 10.8. The van der Waals surface area contributed by atoms with E-state index in [1.165, 1.54) is 0 Å². The topological polar surface area (TPSA) is 78.4 Å². The van der Waals surface area contributed by atoms with Crippen LogP contribution in [0.1, 0.15) is 25.2 Å². The van der Waals surface area contributed by atoms with Crippen LogP contribution in [0.5, 0.6) is 5.75 Å². The first-order chi connectivity index (χ1) is 10.7. The third-order valence-corrected chi connectivity index (χ3v) is 3.85. The van der Waals surface area contributed by atoms with Crippen molar-refractivity contribution in [1.29, 1.82) is 0 Å². The van der Waals surface area contributed by atoms with Crippen molar-refractivity contribution in [2.24, 2.45) is 0 Å². The third-order valence-electron chi connectivity index (χ3n) is 3.29. The quantitative estimate of drug-likeness (QED) is 0.334. The minimum Gasteiger partial charge on any atom is -0.616 e. The van der Waals surface area contributed by atoms with Crippen molar-refractivity contribution in [3.63, 3.8) is 0 Å². The number of nitrogens with one attached hydrogen (secondary N) is 1. The SMILES string of the molecule is COc1ccc2c(c1)oc(CCNC(=O)CCCCBr)[n+]2[O-]. The third kappa shape index (κ3) is 4.13. The minimum absolute atomic E-state index is 0.00354. The van der Waals surface area contributed by atoms with Gasteiger partial charge in [-0.15, -0.1) is 4.73 Å². The van der Waals surface area contributed by atoms with E-state index in [9.17, 15) is 10.0 Å². The standard InChI is InChI=1S/C15H19BrN2O4/c1-21-11-5-6-12-13(10-11)22-15(18(12)20)7-9-17-14(19)4-2-3-8-16/h5-6,10H,2-4,7-9H2,1H3,(H,17,19). The number of unbranched alkanes of at least 4 members (excludes halogenated alkanes) is 1. The summed E-state index contributed by atoms with van der Waals surface area (Å²) < 4.78 is 11.4. The molecule has 2 rings (SSSR count). The second-order valence-corrected chi connectivity index (χ2v) is 5.66. The molecule has 6 nitrogen and oxygen atoms in total. The lowest BCUT2D eigenvalue weighted by Crippen LogP contribution is -2.33. The highest BCUT2D eigenvalue weighted by Crippen LogP contribution is 2.20. The fourth-order valence-electron chi connectivity index (χ4n) is 2.10. The number of aromatic nitrogens is 1. The van der Waals surface area contributed by atoms with Crippen molar-refractivity contribution in [1.82, 2.24) is 5.32 Å². The molecule has 1 heterocycles. The van der Waals surface area contributed by atoms with Crippen molar-refractivity contribution in [2.75, 3.05) is 19.0 Å². The zero-order chi connectivity index (χ0) is 15.9. The van der Waals surface area contributed by atoms with Crippen molar-refractivity contribution >= 4 is 32.9 Å². The number of hydrogen-bond acceptors (Lipinski definition) is 4. The van der Waals surface area contributed by atoms with Crippen LogP contribution in [0.3, 0.4) is 0 Å². The Morgan fingerprint density at radius 3 is 3.00 bits per heavy atom. The molecule has 0 aliphatic carbocycles. The highest BCUT2D eigenvalue weighted by atomic mass is 79.9. The number of amides is 1. The van der Waals surface area contributed by atoms with Crippen LogP contribution in [0, 0.1) is 5.21 Å². The second-order valence-electron chi connectivity index (χ2n) is 4.87. The Balaban J connectivity index is 1.91. The summed E-state index contributed by atoms with van der Waals surface area (Å²) in [6.45, 7) is 0.381. The summed E-state index contributed by atoms with van der Waals surface area (Å²) in [7, 11) is 1.56. The van der Waals surface area contributed by atoms with Gasteiger partial charge in [0.05, 0.1) is 13.5 Å². The van der Waals surface area contributed by atoms with E-state index in [1.54, 1.807) is 25.3 Å². The molecule has 0 unspecified atom stereocenters. The molecule has 0 bridgehead atoms.